The summed E-state index contributed by atoms with van der Waals surface area (Å²) in [6.45, 7) is 6.43. The fraction of sp³-hybridized carbons (Fsp3) is 0.667. The highest BCUT2D eigenvalue weighted by Gasteiger charge is 2.19. The molecule has 0 fully saturated rings. The first-order chi connectivity index (χ1) is 34.0. The summed E-state index contributed by atoms with van der Waals surface area (Å²) in [4.78, 5) is 38.1. The lowest BCUT2D eigenvalue weighted by Crippen LogP contribution is -2.30. The highest BCUT2D eigenvalue weighted by atomic mass is 16.6. The molecule has 1 atom stereocenters. The highest BCUT2D eigenvalue weighted by Crippen LogP contribution is 2.13. The Morgan fingerprint density at radius 1 is 0.304 bits per heavy atom. The third-order valence-corrected chi connectivity index (χ3v) is 11.7. The number of esters is 3. The molecule has 0 aromatic carbocycles. The van der Waals surface area contributed by atoms with E-state index in [1.54, 1.807) is 0 Å². The van der Waals surface area contributed by atoms with Crippen molar-refractivity contribution in [2.75, 3.05) is 13.2 Å². The first-order valence-corrected chi connectivity index (χ1v) is 28.4. The smallest absolute Gasteiger partial charge is 0.306 e. The summed E-state index contributed by atoms with van der Waals surface area (Å²) >= 11 is 0. The van der Waals surface area contributed by atoms with E-state index in [1.165, 1.54) is 77.0 Å². The summed E-state index contributed by atoms with van der Waals surface area (Å²) in [6, 6.07) is 0. The number of ether oxygens (including phenoxy) is 3. The Balaban J connectivity index is 4.49. The van der Waals surface area contributed by atoms with Crippen molar-refractivity contribution in [1.29, 1.82) is 0 Å². The molecular weight excluding hydrogens is 853 g/mol. The van der Waals surface area contributed by atoms with Crippen LogP contribution < -0.4 is 0 Å². The molecule has 0 radical (unpaired) electrons. The van der Waals surface area contributed by atoms with Gasteiger partial charge >= 0.3 is 17.9 Å². The molecule has 0 aliphatic heterocycles. The predicted octanol–water partition coefficient (Wildman–Crippen LogP) is 19.1. The maximum Gasteiger partial charge on any atom is 0.306 e. The molecule has 0 aromatic heterocycles. The van der Waals surface area contributed by atoms with Crippen molar-refractivity contribution in [3.63, 3.8) is 0 Å². The zero-order valence-corrected chi connectivity index (χ0v) is 44.8. The molecular formula is C63H104O6. The average molecular weight is 958 g/mol. The van der Waals surface area contributed by atoms with Crippen LogP contribution in [-0.2, 0) is 28.6 Å². The van der Waals surface area contributed by atoms with Crippen molar-refractivity contribution in [2.24, 2.45) is 0 Å². The Morgan fingerprint density at radius 3 is 0.942 bits per heavy atom. The van der Waals surface area contributed by atoms with E-state index in [-0.39, 0.29) is 31.1 Å². The van der Waals surface area contributed by atoms with Gasteiger partial charge in [-0.1, -0.05) is 214 Å². The normalized spacial score (nSPS) is 12.9. The molecule has 0 N–H and O–H groups in total. The molecule has 0 rings (SSSR count). The molecule has 0 unspecified atom stereocenters. The fourth-order valence-electron chi connectivity index (χ4n) is 7.47. The Hall–Kier alpha value is -3.93. The maximum absolute atomic E-state index is 12.9. The number of hydrogen-bond acceptors (Lipinski definition) is 6. The predicted molar refractivity (Wildman–Crippen MR) is 297 cm³/mol. The molecule has 0 bridgehead atoms. The standard InChI is InChI=1S/C63H104O6/c1-4-7-10-13-16-19-22-25-27-29-31-33-35-38-41-44-47-50-53-56-62(65)68-59-60(58-67-61(64)55-52-49-46-43-40-37-24-21-18-15-12-9-6-3)69-63(66)57-54-51-48-45-42-39-36-34-32-30-28-26-23-20-17-14-11-8-5-2/h7,10,16-17,19-21,24-28,31-34,38,41,60H,4-6,8-9,11-15,18,22-23,29-30,35-37,39-40,42-59H2,1-3H3/b10-7-,19-16-,20-17-,24-21-,27-25-,28-26-,33-31-,34-32-,41-38-/t60-/m1/s1. The van der Waals surface area contributed by atoms with Gasteiger partial charge in [-0.25, -0.2) is 0 Å². The van der Waals surface area contributed by atoms with Crippen LogP contribution in [-0.4, -0.2) is 37.2 Å². The first kappa shape index (κ1) is 65.1. The topological polar surface area (TPSA) is 78.9 Å². The van der Waals surface area contributed by atoms with Crippen molar-refractivity contribution >= 4 is 17.9 Å². The minimum absolute atomic E-state index is 0.100. The van der Waals surface area contributed by atoms with Gasteiger partial charge in [-0.2, -0.15) is 0 Å². The van der Waals surface area contributed by atoms with Crippen molar-refractivity contribution in [3.05, 3.63) is 109 Å². The van der Waals surface area contributed by atoms with E-state index in [0.29, 0.717) is 19.3 Å². The number of rotatable bonds is 50. The number of hydrogen-bond donors (Lipinski definition) is 0. The van der Waals surface area contributed by atoms with Crippen molar-refractivity contribution in [2.45, 2.75) is 258 Å². The van der Waals surface area contributed by atoms with E-state index < -0.39 is 6.10 Å². The molecule has 0 aromatic rings. The molecule has 0 saturated carbocycles. The molecule has 0 heterocycles. The van der Waals surface area contributed by atoms with E-state index in [4.69, 9.17) is 14.2 Å². The second kappa shape index (κ2) is 56.7. The lowest BCUT2D eigenvalue weighted by Gasteiger charge is -2.18. The molecule has 69 heavy (non-hydrogen) atoms. The zero-order valence-electron chi connectivity index (χ0n) is 44.8. The summed E-state index contributed by atoms with van der Waals surface area (Å²) < 4.78 is 16.8. The van der Waals surface area contributed by atoms with E-state index in [9.17, 15) is 14.4 Å². The van der Waals surface area contributed by atoms with E-state index in [1.807, 2.05) is 0 Å². The summed E-state index contributed by atoms with van der Waals surface area (Å²) in [7, 11) is 0. The SMILES string of the molecule is CC/C=C\C/C=C\C/C=C\C/C=C\C/C=C\CCCCCC(=O)OC[C@@H](COC(=O)CCCCCCC/C=C\CCCCCC)OC(=O)CCCCCCCC/C=C\C/C=C\C/C=C\CCCCC. The van der Waals surface area contributed by atoms with Crippen LogP contribution in [0.1, 0.15) is 252 Å². The Bertz CT molecular complexity index is 1420. The van der Waals surface area contributed by atoms with Crippen molar-refractivity contribution in [1.82, 2.24) is 0 Å². The zero-order chi connectivity index (χ0) is 50.0. The molecule has 6 nitrogen and oxygen atoms in total. The molecule has 0 amide bonds. The van der Waals surface area contributed by atoms with Crippen LogP contribution in [0.5, 0.6) is 0 Å². The van der Waals surface area contributed by atoms with Gasteiger partial charge in [0, 0.05) is 19.3 Å². The number of carbonyl (C=O) groups excluding carboxylic acids is 3. The summed E-state index contributed by atoms with van der Waals surface area (Å²) in [6.07, 6.45) is 76.4. The number of carbonyl (C=O) groups is 3. The molecule has 0 aliphatic carbocycles. The quantitative estimate of drug-likeness (QED) is 0.0262. The maximum atomic E-state index is 12.9. The van der Waals surface area contributed by atoms with E-state index in [0.717, 1.165) is 135 Å². The Labute approximate surface area is 425 Å². The molecule has 0 spiro atoms. The monoisotopic (exact) mass is 957 g/mol. The lowest BCUT2D eigenvalue weighted by atomic mass is 10.1. The lowest BCUT2D eigenvalue weighted by molar-refractivity contribution is -0.167. The highest BCUT2D eigenvalue weighted by molar-refractivity contribution is 5.71. The van der Waals surface area contributed by atoms with Crippen LogP contribution in [0.25, 0.3) is 0 Å². The molecule has 392 valence electrons. The summed E-state index contributed by atoms with van der Waals surface area (Å²) in [5.74, 6) is -0.955. The van der Waals surface area contributed by atoms with Gasteiger partial charge in [-0.15, -0.1) is 0 Å². The van der Waals surface area contributed by atoms with Gasteiger partial charge in [0.1, 0.15) is 13.2 Å². The van der Waals surface area contributed by atoms with Crippen LogP contribution in [0, 0.1) is 0 Å². The van der Waals surface area contributed by atoms with Crippen LogP contribution in [0.3, 0.4) is 0 Å². The minimum atomic E-state index is -0.805. The van der Waals surface area contributed by atoms with Crippen molar-refractivity contribution < 1.29 is 28.6 Å². The average Bonchev–Trinajstić information content (AvgIpc) is 3.35. The van der Waals surface area contributed by atoms with Crippen LogP contribution in [0.15, 0.2) is 109 Å². The third-order valence-electron chi connectivity index (χ3n) is 11.7. The second-order valence-electron chi connectivity index (χ2n) is 18.5. The fourth-order valence-corrected chi connectivity index (χ4v) is 7.47. The van der Waals surface area contributed by atoms with Gasteiger partial charge in [0.2, 0.25) is 0 Å². The summed E-state index contributed by atoms with van der Waals surface area (Å²) in [5.41, 5.74) is 0. The van der Waals surface area contributed by atoms with Gasteiger partial charge in [0.15, 0.2) is 6.10 Å². The van der Waals surface area contributed by atoms with Gasteiger partial charge in [-0.05, 0) is 128 Å². The van der Waals surface area contributed by atoms with Gasteiger partial charge < -0.3 is 14.2 Å². The summed E-state index contributed by atoms with van der Waals surface area (Å²) in [5, 5.41) is 0. The molecule has 0 aliphatic rings. The van der Waals surface area contributed by atoms with E-state index >= 15 is 0 Å². The Morgan fingerprint density at radius 2 is 0.565 bits per heavy atom. The molecule has 0 saturated heterocycles. The minimum Gasteiger partial charge on any atom is -0.462 e. The molecule has 6 heteroatoms. The largest absolute Gasteiger partial charge is 0.462 e. The van der Waals surface area contributed by atoms with Gasteiger partial charge in [0.05, 0.1) is 0 Å². The number of unbranched alkanes of at least 4 members (excludes halogenated alkanes) is 21. The first-order valence-electron chi connectivity index (χ1n) is 28.4. The van der Waals surface area contributed by atoms with Crippen LogP contribution in [0.4, 0.5) is 0 Å². The van der Waals surface area contributed by atoms with Crippen LogP contribution >= 0.6 is 0 Å². The van der Waals surface area contributed by atoms with Crippen molar-refractivity contribution in [3.8, 4) is 0 Å². The van der Waals surface area contributed by atoms with E-state index in [2.05, 4.69) is 130 Å². The number of allylic oxidation sites excluding steroid dienone is 18. The Kier molecular flexibility index (Phi) is 53.4. The second-order valence-corrected chi connectivity index (χ2v) is 18.5. The third kappa shape index (κ3) is 54.9. The van der Waals surface area contributed by atoms with Gasteiger partial charge in [0.25, 0.3) is 0 Å². The van der Waals surface area contributed by atoms with Gasteiger partial charge in [-0.3, -0.25) is 14.4 Å². The van der Waals surface area contributed by atoms with Crippen LogP contribution in [0.2, 0.25) is 0 Å².